The van der Waals surface area contributed by atoms with Crippen LogP contribution in [-0.2, 0) is 13.0 Å². The van der Waals surface area contributed by atoms with Crippen molar-refractivity contribution in [3.8, 4) is 0 Å². The zero-order valence-electron chi connectivity index (χ0n) is 9.64. The second-order valence-electron chi connectivity index (χ2n) is 3.89. The van der Waals surface area contributed by atoms with Gasteiger partial charge in [-0.3, -0.25) is 0 Å². The molecule has 5 nitrogen and oxygen atoms in total. The van der Waals surface area contributed by atoms with E-state index in [0.29, 0.717) is 6.54 Å². The fourth-order valence-electron chi connectivity index (χ4n) is 1.91. The van der Waals surface area contributed by atoms with E-state index in [9.17, 15) is 0 Å². The molecule has 0 unspecified atom stereocenters. The first-order chi connectivity index (χ1) is 7.76. The molecule has 3 N–H and O–H groups in total. The first kappa shape index (κ1) is 11.0. The Balaban J connectivity index is 2.32. The highest BCUT2D eigenvalue weighted by molar-refractivity contribution is 5.33. The van der Waals surface area contributed by atoms with E-state index in [2.05, 4.69) is 41.0 Å². The van der Waals surface area contributed by atoms with Crippen molar-refractivity contribution in [1.29, 1.82) is 0 Å². The van der Waals surface area contributed by atoms with E-state index in [4.69, 9.17) is 5.73 Å². The number of hydrazine groups is 1. The molecule has 0 aliphatic carbocycles. The average molecular weight is 219 g/mol. The molecule has 0 fully saturated rings. The summed E-state index contributed by atoms with van der Waals surface area (Å²) in [4.78, 5) is 0. The van der Waals surface area contributed by atoms with Crippen LogP contribution in [0.15, 0.2) is 28.5 Å². The Hall–Kier alpha value is -1.46. The van der Waals surface area contributed by atoms with Crippen molar-refractivity contribution in [1.82, 2.24) is 10.5 Å². The van der Waals surface area contributed by atoms with Crippen molar-refractivity contribution in [3.05, 3.63) is 34.9 Å². The Morgan fingerprint density at radius 3 is 2.81 bits per heavy atom. The van der Waals surface area contributed by atoms with E-state index in [1.807, 2.05) is 12.1 Å². The fourth-order valence-corrected chi connectivity index (χ4v) is 1.91. The lowest BCUT2D eigenvalue weighted by molar-refractivity contribution is 0.222. The zero-order chi connectivity index (χ0) is 11.5. The minimum atomic E-state index is -0.0304. The molecule has 0 spiro atoms. The van der Waals surface area contributed by atoms with Crippen LogP contribution in [0, 0.1) is 0 Å². The summed E-state index contributed by atoms with van der Waals surface area (Å²) in [5.41, 5.74) is 12.1. The van der Waals surface area contributed by atoms with Gasteiger partial charge in [0.15, 0.2) is 6.17 Å². The van der Waals surface area contributed by atoms with Gasteiger partial charge in [0.2, 0.25) is 0 Å². The van der Waals surface area contributed by atoms with Gasteiger partial charge in [-0.1, -0.05) is 30.3 Å². The molecule has 2 rings (SSSR count). The highest BCUT2D eigenvalue weighted by atomic mass is 15.8. The summed E-state index contributed by atoms with van der Waals surface area (Å²) < 4.78 is 0. The predicted molar refractivity (Wildman–Crippen MR) is 62.2 cm³/mol. The number of rotatable bonds is 3. The van der Waals surface area contributed by atoms with Gasteiger partial charge in [0.25, 0.3) is 0 Å². The third-order valence-corrected chi connectivity index (χ3v) is 2.87. The molecule has 0 saturated carbocycles. The van der Waals surface area contributed by atoms with Crippen molar-refractivity contribution < 1.29 is 0 Å². The minimum Gasteiger partial charge on any atom is -0.326 e. The van der Waals surface area contributed by atoms with Crippen LogP contribution in [0.4, 0.5) is 0 Å². The molecule has 0 aromatic heterocycles. The number of nitrogens with one attached hydrogen (secondary N) is 1. The van der Waals surface area contributed by atoms with Crippen molar-refractivity contribution in [2.24, 2.45) is 16.1 Å². The van der Waals surface area contributed by atoms with Gasteiger partial charge < -0.3 is 5.73 Å². The molecule has 1 aliphatic heterocycles. The number of nitrogens with two attached hydrogens (primary N) is 1. The van der Waals surface area contributed by atoms with Crippen LogP contribution < -0.4 is 11.3 Å². The van der Waals surface area contributed by atoms with Crippen LogP contribution in [0.5, 0.6) is 0 Å². The smallest absolute Gasteiger partial charge is 0.168 e. The summed E-state index contributed by atoms with van der Waals surface area (Å²) >= 11 is 0. The number of nitrogens with zero attached hydrogens (tertiary/aromatic N) is 3. The Labute approximate surface area is 95.3 Å². The highest BCUT2D eigenvalue weighted by Crippen LogP contribution is 2.25. The van der Waals surface area contributed by atoms with Crippen LogP contribution in [-0.4, -0.2) is 12.1 Å². The molecule has 1 aromatic carbocycles. The van der Waals surface area contributed by atoms with Crippen LogP contribution in [0.2, 0.25) is 0 Å². The standard InChI is InChI=1S/C11H17N5/c1-3-8-6-9(4-5-10(8)7-12)11-13-14-15-16(11)2/h4-6,11H,3,7,12H2,1-2H3,(H,13,15)/t11-/m0/s1. The normalized spacial score (nSPS) is 20.1. The fraction of sp³-hybridized carbons (Fsp3) is 0.455. The minimum absolute atomic E-state index is 0.0304. The van der Waals surface area contributed by atoms with E-state index >= 15 is 0 Å². The van der Waals surface area contributed by atoms with Gasteiger partial charge in [0, 0.05) is 13.6 Å². The van der Waals surface area contributed by atoms with E-state index in [0.717, 1.165) is 12.0 Å². The lowest BCUT2D eigenvalue weighted by Gasteiger charge is -2.17. The number of hydrogen-bond acceptors (Lipinski definition) is 5. The lowest BCUT2D eigenvalue weighted by Crippen LogP contribution is -2.27. The summed E-state index contributed by atoms with van der Waals surface area (Å²) in [6, 6.07) is 6.31. The van der Waals surface area contributed by atoms with Gasteiger partial charge >= 0.3 is 0 Å². The van der Waals surface area contributed by atoms with Gasteiger partial charge in [0.1, 0.15) is 0 Å². The van der Waals surface area contributed by atoms with Crippen LogP contribution in [0.25, 0.3) is 0 Å². The largest absolute Gasteiger partial charge is 0.326 e. The number of aryl methyl sites for hydroxylation is 1. The Kier molecular flexibility index (Phi) is 3.17. The van der Waals surface area contributed by atoms with E-state index in [1.165, 1.54) is 11.1 Å². The molecule has 1 heterocycles. The third kappa shape index (κ3) is 1.91. The Morgan fingerprint density at radius 1 is 1.44 bits per heavy atom. The average Bonchev–Trinajstić information content (AvgIpc) is 2.74. The molecular weight excluding hydrogens is 202 g/mol. The maximum absolute atomic E-state index is 5.69. The molecule has 0 amide bonds. The first-order valence-electron chi connectivity index (χ1n) is 5.46. The molecule has 1 aliphatic rings. The van der Waals surface area contributed by atoms with Crippen LogP contribution >= 0.6 is 0 Å². The SMILES string of the molecule is CCc1cc([C@H]2N=NNN2C)ccc1CN. The van der Waals surface area contributed by atoms with Crippen molar-refractivity contribution in [2.75, 3.05) is 7.05 Å². The van der Waals surface area contributed by atoms with E-state index in [-0.39, 0.29) is 6.17 Å². The maximum Gasteiger partial charge on any atom is 0.168 e. The van der Waals surface area contributed by atoms with E-state index < -0.39 is 0 Å². The van der Waals surface area contributed by atoms with Gasteiger partial charge in [-0.25, -0.2) is 5.53 Å². The quantitative estimate of drug-likeness (QED) is 0.810. The van der Waals surface area contributed by atoms with Gasteiger partial charge in [-0.05, 0) is 23.1 Å². The summed E-state index contributed by atoms with van der Waals surface area (Å²) in [5.74, 6) is 0. The molecular formula is C11H17N5. The summed E-state index contributed by atoms with van der Waals surface area (Å²) in [7, 11) is 1.92. The molecule has 0 radical (unpaired) electrons. The molecule has 5 heteroatoms. The van der Waals surface area contributed by atoms with Gasteiger partial charge in [-0.2, -0.15) is 5.01 Å². The lowest BCUT2D eigenvalue weighted by atomic mass is 10.0. The number of benzene rings is 1. The molecule has 0 bridgehead atoms. The topological polar surface area (TPSA) is 66.0 Å². The second kappa shape index (κ2) is 4.59. The first-order valence-corrected chi connectivity index (χ1v) is 5.46. The van der Waals surface area contributed by atoms with Crippen molar-refractivity contribution >= 4 is 0 Å². The summed E-state index contributed by atoms with van der Waals surface area (Å²) in [6.45, 7) is 2.72. The monoisotopic (exact) mass is 219 g/mol. The van der Waals surface area contributed by atoms with Crippen molar-refractivity contribution in [2.45, 2.75) is 26.1 Å². The molecule has 1 atom stereocenters. The summed E-state index contributed by atoms with van der Waals surface area (Å²) in [5, 5.41) is 9.79. The van der Waals surface area contributed by atoms with Crippen LogP contribution in [0.1, 0.15) is 29.8 Å². The highest BCUT2D eigenvalue weighted by Gasteiger charge is 2.20. The molecule has 16 heavy (non-hydrogen) atoms. The molecule has 0 saturated heterocycles. The van der Waals surface area contributed by atoms with Crippen LogP contribution in [0.3, 0.4) is 0 Å². The maximum atomic E-state index is 5.69. The zero-order valence-corrected chi connectivity index (χ0v) is 9.64. The Morgan fingerprint density at radius 2 is 2.25 bits per heavy atom. The van der Waals surface area contributed by atoms with Gasteiger partial charge in [-0.15, -0.1) is 5.11 Å². The Bertz CT molecular complexity index is 401. The summed E-state index contributed by atoms with van der Waals surface area (Å²) in [6.07, 6.45) is 0.957. The molecule has 86 valence electrons. The van der Waals surface area contributed by atoms with E-state index in [1.54, 1.807) is 0 Å². The molecule has 1 aromatic rings. The number of hydrogen-bond donors (Lipinski definition) is 2. The van der Waals surface area contributed by atoms with Crippen molar-refractivity contribution in [3.63, 3.8) is 0 Å². The predicted octanol–water partition coefficient (Wildman–Crippen LogP) is 1.52. The second-order valence-corrected chi connectivity index (χ2v) is 3.89. The third-order valence-electron chi connectivity index (χ3n) is 2.87. The van der Waals surface area contributed by atoms with Gasteiger partial charge in [0.05, 0.1) is 0 Å².